The Hall–Kier alpha value is -3.54. The van der Waals surface area contributed by atoms with E-state index in [2.05, 4.69) is 114 Å². The Morgan fingerprint density at radius 1 is 0.895 bits per heavy atom. The summed E-state index contributed by atoms with van der Waals surface area (Å²) in [5.74, 6) is 1.90. The van der Waals surface area contributed by atoms with E-state index in [1.54, 1.807) is 0 Å². The number of ether oxygens (including phenoxy) is 1. The lowest BCUT2D eigenvalue weighted by molar-refractivity contribution is -0.665. The Kier molecular flexibility index (Phi) is 5.98. The summed E-state index contributed by atoms with van der Waals surface area (Å²) in [5.41, 5.74) is 7.80. The van der Waals surface area contributed by atoms with Crippen molar-refractivity contribution < 1.29 is 9.30 Å². The molecule has 3 aromatic carbocycles. The predicted molar refractivity (Wildman–Crippen MR) is 160 cm³/mol. The Bertz CT molecular complexity index is 1690. The zero-order valence-electron chi connectivity index (χ0n) is 21.6. The average Bonchev–Trinajstić information content (AvgIpc) is 3.65. The molecule has 7 rings (SSSR count). The number of fused-ring (bicyclic) bond motifs is 3. The molecule has 0 radical (unpaired) electrons. The Morgan fingerprint density at radius 3 is 2.50 bits per heavy atom. The van der Waals surface area contributed by atoms with Gasteiger partial charge in [0.05, 0.1) is 10.7 Å². The highest BCUT2D eigenvalue weighted by molar-refractivity contribution is 8.03. The summed E-state index contributed by atoms with van der Waals surface area (Å²) in [6.07, 6.45) is 6.58. The largest absolute Gasteiger partial charge is 0.456 e. The Morgan fingerprint density at radius 2 is 1.66 bits per heavy atom. The fourth-order valence-corrected chi connectivity index (χ4v) is 8.20. The number of allylic oxidation sites excluding steroid dienone is 5. The number of para-hydroxylation sites is 2. The van der Waals surface area contributed by atoms with Crippen LogP contribution < -0.4 is 9.47 Å². The molecule has 3 heterocycles. The monoisotopic (exact) mass is 533 g/mol. The highest BCUT2D eigenvalue weighted by Crippen LogP contribution is 2.49. The average molecular weight is 534 g/mol. The van der Waals surface area contributed by atoms with Crippen molar-refractivity contribution in [3.8, 4) is 0 Å². The van der Waals surface area contributed by atoms with Gasteiger partial charge in [0, 0.05) is 40.3 Å². The molecule has 0 spiro atoms. The zero-order valence-corrected chi connectivity index (χ0v) is 23.2. The molecule has 0 saturated heterocycles. The van der Waals surface area contributed by atoms with Crippen LogP contribution in [0.1, 0.15) is 37.3 Å². The molecule has 1 aromatic heterocycles. The summed E-state index contributed by atoms with van der Waals surface area (Å²) in [7, 11) is 0. The topological polar surface area (TPSA) is 16.4 Å². The summed E-state index contributed by atoms with van der Waals surface area (Å²) in [6, 6.07) is 27.9. The molecule has 0 fully saturated rings. The number of anilines is 1. The van der Waals surface area contributed by atoms with E-state index in [4.69, 9.17) is 4.74 Å². The van der Waals surface area contributed by atoms with E-state index in [0.29, 0.717) is 0 Å². The van der Waals surface area contributed by atoms with Crippen LogP contribution in [-0.4, -0.2) is 6.54 Å². The van der Waals surface area contributed by atoms with Gasteiger partial charge in [-0.25, -0.2) is 0 Å². The molecule has 0 amide bonds. The van der Waals surface area contributed by atoms with Crippen molar-refractivity contribution in [1.29, 1.82) is 0 Å². The van der Waals surface area contributed by atoms with Crippen LogP contribution >= 0.6 is 23.1 Å². The van der Waals surface area contributed by atoms with Gasteiger partial charge in [-0.05, 0) is 56.5 Å². The Labute approximate surface area is 232 Å². The maximum atomic E-state index is 6.73. The summed E-state index contributed by atoms with van der Waals surface area (Å²) in [6.45, 7) is 6.35. The van der Waals surface area contributed by atoms with Gasteiger partial charge in [-0.1, -0.05) is 77.7 Å². The third kappa shape index (κ3) is 3.84. The second kappa shape index (κ2) is 9.64. The molecule has 1 aliphatic carbocycles. The number of aryl methyl sites for hydroxylation is 1. The number of benzene rings is 3. The van der Waals surface area contributed by atoms with Crippen molar-refractivity contribution in [3.63, 3.8) is 0 Å². The fourth-order valence-electron chi connectivity index (χ4n) is 5.73. The van der Waals surface area contributed by atoms with Gasteiger partial charge in [0.1, 0.15) is 22.8 Å². The lowest BCUT2D eigenvalue weighted by Gasteiger charge is -2.23. The maximum absolute atomic E-state index is 6.73. The maximum Gasteiger partial charge on any atom is 0.266 e. The van der Waals surface area contributed by atoms with Crippen LogP contribution in [0.4, 0.5) is 5.69 Å². The molecule has 2 aliphatic heterocycles. The molecule has 0 N–H and O–H groups in total. The third-order valence-corrected chi connectivity index (χ3v) is 9.85. The van der Waals surface area contributed by atoms with Crippen LogP contribution in [-0.2, 0) is 11.3 Å². The van der Waals surface area contributed by atoms with Crippen molar-refractivity contribution in [2.24, 2.45) is 0 Å². The van der Waals surface area contributed by atoms with Gasteiger partial charge < -0.3 is 9.64 Å². The van der Waals surface area contributed by atoms with Crippen LogP contribution in [0, 0.1) is 0 Å². The normalized spacial score (nSPS) is 17.8. The molecular weight excluding hydrogens is 505 g/mol. The molecule has 0 saturated carbocycles. The van der Waals surface area contributed by atoms with Gasteiger partial charge in [-0.2, -0.15) is 4.57 Å². The molecule has 4 aromatic rings. The van der Waals surface area contributed by atoms with E-state index < -0.39 is 0 Å². The molecule has 3 aliphatic rings. The quantitative estimate of drug-likeness (QED) is 0.239. The van der Waals surface area contributed by atoms with Crippen molar-refractivity contribution in [1.82, 2.24) is 0 Å². The van der Waals surface area contributed by atoms with E-state index in [9.17, 15) is 0 Å². The van der Waals surface area contributed by atoms with Gasteiger partial charge >= 0.3 is 0 Å². The molecule has 3 nitrogen and oxygen atoms in total. The Balaban J connectivity index is 1.40. The van der Waals surface area contributed by atoms with Crippen molar-refractivity contribution in [3.05, 3.63) is 124 Å². The second-order valence-electron chi connectivity index (χ2n) is 9.63. The number of rotatable bonds is 5. The molecule has 5 heteroatoms. The predicted octanol–water partition coefficient (Wildman–Crippen LogP) is 8.56. The molecule has 0 bridgehead atoms. The smallest absolute Gasteiger partial charge is 0.266 e. The lowest BCUT2D eigenvalue weighted by Crippen LogP contribution is -2.34. The molecule has 0 unspecified atom stereocenters. The minimum absolute atomic E-state index is 0.920. The van der Waals surface area contributed by atoms with Gasteiger partial charge in [-0.15, -0.1) is 0 Å². The first-order valence-electron chi connectivity index (χ1n) is 13.3. The molecule has 188 valence electrons. The number of nitrogens with zero attached hydrogens (tertiary/aromatic N) is 2. The molecule has 0 atom stereocenters. The van der Waals surface area contributed by atoms with Crippen LogP contribution in [0.2, 0.25) is 0 Å². The second-order valence-corrected chi connectivity index (χ2v) is 11.7. The van der Waals surface area contributed by atoms with Gasteiger partial charge in [-0.3, -0.25) is 0 Å². The highest BCUT2D eigenvalue weighted by atomic mass is 32.2. The standard InChI is InChI=1S/C33H29N2OS2/c1-3-34-26-14-8-10-16-30(26)37-32(34)21-29-23-18-19-24(25(23)20-28(36-29)22-12-6-5-7-13-22)33-35(4-2)27-15-9-11-17-31(27)38-33/h5-17,20-21H,3-4,18-19H2,1-2H3/q+1. The molecule has 38 heavy (non-hydrogen) atoms. The highest BCUT2D eigenvalue weighted by Gasteiger charge is 2.34. The first-order valence-corrected chi connectivity index (χ1v) is 15.0. The van der Waals surface area contributed by atoms with Crippen molar-refractivity contribution >= 4 is 50.3 Å². The SMILES string of the molecule is CCN1/C(=C/C2=C3CCC(c4sc5ccccc5[n+]4CC)=C3C=C(c3ccccc3)O2)Sc2ccccc21. The van der Waals surface area contributed by atoms with Gasteiger partial charge in [0.25, 0.3) is 5.01 Å². The summed E-state index contributed by atoms with van der Waals surface area (Å²) in [5, 5.41) is 2.60. The van der Waals surface area contributed by atoms with Crippen LogP contribution in [0.5, 0.6) is 0 Å². The first kappa shape index (κ1) is 23.6. The van der Waals surface area contributed by atoms with Gasteiger partial charge in [0.15, 0.2) is 0 Å². The van der Waals surface area contributed by atoms with Crippen molar-refractivity contribution in [2.45, 2.75) is 38.1 Å². The number of thiazole rings is 1. The van der Waals surface area contributed by atoms with E-state index in [1.165, 1.54) is 47.6 Å². The fraction of sp³-hybridized carbons (Fsp3) is 0.182. The summed E-state index contributed by atoms with van der Waals surface area (Å²) < 4.78 is 10.6. The third-order valence-electron chi connectivity index (χ3n) is 7.52. The summed E-state index contributed by atoms with van der Waals surface area (Å²) in [4.78, 5) is 3.70. The van der Waals surface area contributed by atoms with E-state index in [-0.39, 0.29) is 0 Å². The summed E-state index contributed by atoms with van der Waals surface area (Å²) >= 11 is 3.75. The van der Waals surface area contributed by atoms with E-state index >= 15 is 0 Å². The number of aromatic nitrogens is 1. The zero-order chi connectivity index (χ0) is 25.6. The first-order chi connectivity index (χ1) is 18.7. The number of hydrogen-bond donors (Lipinski definition) is 0. The van der Waals surface area contributed by atoms with Crippen molar-refractivity contribution in [2.75, 3.05) is 11.4 Å². The number of thioether (sulfide) groups is 1. The van der Waals surface area contributed by atoms with Crippen LogP contribution in [0.3, 0.4) is 0 Å². The molecular formula is C33H29N2OS2+. The van der Waals surface area contributed by atoms with E-state index in [0.717, 1.165) is 43.0 Å². The minimum Gasteiger partial charge on any atom is -0.456 e. The lowest BCUT2D eigenvalue weighted by atomic mass is 10.00. The van der Waals surface area contributed by atoms with Gasteiger partial charge in [0.2, 0.25) is 5.52 Å². The van der Waals surface area contributed by atoms with Crippen LogP contribution in [0.15, 0.2) is 118 Å². The van der Waals surface area contributed by atoms with Crippen LogP contribution in [0.25, 0.3) is 21.5 Å². The minimum atomic E-state index is 0.920. The van der Waals surface area contributed by atoms with E-state index in [1.807, 2.05) is 23.1 Å². The number of hydrogen-bond acceptors (Lipinski definition) is 4.